The molecule has 0 aliphatic rings. The average Bonchev–Trinajstić information content (AvgIpc) is 2.94. The van der Waals surface area contributed by atoms with E-state index in [-0.39, 0.29) is 0 Å². The van der Waals surface area contributed by atoms with Crippen molar-refractivity contribution < 1.29 is 5.11 Å². The molecule has 106 valence electrons. The zero-order chi connectivity index (χ0) is 14.7. The van der Waals surface area contributed by atoms with Gasteiger partial charge in [0, 0.05) is 38.3 Å². The number of pyridine rings is 1. The lowest BCUT2D eigenvalue weighted by Crippen LogP contribution is -2.31. The van der Waals surface area contributed by atoms with Crippen molar-refractivity contribution in [1.29, 1.82) is 0 Å². The highest BCUT2D eigenvalue weighted by Gasteiger charge is 2.33. The summed E-state index contributed by atoms with van der Waals surface area (Å²) in [6, 6.07) is 13.4. The molecule has 3 rings (SSSR count). The van der Waals surface area contributed by atoms with Gasteiger partial charge in [-0.2, -0.15) is 0 Å². The van der Waals surface area contributed by atoms with Crippen molar-refractivity contribution >= 4 is 0 Å². The van der Waals surface area contributed by atoms with E-state index in [1.54, 1.807) is 18.6 Å². The molecule has 1 atom stereocenters. The van der Waals surface area contributed by atoms with Crippen LogP contribution in [0.1, 0.15) is 17.0 Å². The van der Waals surface area contributed by atoms with Crippen LogP contribution in [0.2, 0.25) is 0 Å². The van der Waals surface area contributed by atoms with Crippen molar-refractivity contribution in [3.05, 3.63) is 84.2 Å². The van der Waals surface area contributed by atoms with Crippen LogP contribution in [0.25, 0.3) is 0 Å². The smallest absolute Gasteiger partial charge is 0.122 e. The van der Waals surface area contributed by atoms with Gasteiger partial charge in [0.2, 0.25) is 0 Å². The van der Waals surface area contributed by atoms with E-state index >= 15 is 0 Å². The van der Waals surface area contributed by atoms with Crippen molar-refractivity contribution in [3.63, 3.8) is 0 Å². The molecule has 21 heavy (non-hydrogen) atoms. The summed E-state index contributed by atoms with van der Waals surface area (Å²) in [5.41, 5.74) is 0.537. The number of benzene rings is 1. The number of aliphatic hydroxyl groups is 1. The van der Waals surface area contributed by atoms with Crippen LogP contribution in [-0.2, 0) is 19.1 Å². The van der Waals surface area contributed by atoms with Gasteiger partial charge in [-0.3, -0.25) is 4.98 Å². The third-order valence-electron chi connectivity index (χ3n) is 3.74. The average molecular weight is 279 g/mol. The standard InChI is InChI=1S/C17H17N3O/c1-20-12-11-19-16(20)13-17(21,14-5-3-2-4-6-14)15-7-9-18-10-8-15/h2-12,21H,13H2,1H3/t17-/m0/s1. The lowest BCUT2D eigenvalue weighted by atomic mass is 9.84. The van der Waals surface area contributed by atoms with E-state index in [1.807, 2.05) is 60.3 Å². The zero-order valence-electron chi connectivity index (χ0n) is 11.8. The second-order valence-corrected chi connectivity index (χ2v) is 5.09. The molecule has 0 radical (unpaired) electrons. The highest BCUT2D eigenvalue weighted by molar-refractivity contribution is 5.36. The molecule has 4 nitrogen and oxygen atoms in total. The molecule has 0 aliphatic heterocycles. The number of rotatable bonds is 4. The van der Waals surface area contributed by atoms with E-state index in [9.17, 15) is 5.11 Å². The maximum atomic E-state index is 11.4. The molecule has 0 bridgehead atoms. The second-order valence-electron chi connectivity index (χ2n) is 5.09. The molecular weight excluding hydrogens is 262 g/mol. The lowest BCUT2D eigenvalue weighted by Gasteiger charge is -2.29. The van der Waals surface area contributed by atoms with Gasteiger partial charge in [0.15, 0.2) is 0 Å². The number of aromatic nitrogens is 3. The van der Waals surface area contributed by atoms with Gasteiger partial charge in [-0.05, 0) is 23.3 Å². The lowest BCUT2D eigenvalue weighted by molar-refractivity contribution is 0.0780. The molecule has 0 amide bonds. The Morgan fingerprint density at radius 2 is 1.67 bits per heavy atom. The SMILES string of the molecule is Cn1ccnc1C[C@](O)(c1ccccc1)c1ccncc1. The summed E-state index contributed by atoms with van der Waals surface area (Å²) in [7, 11) is 1.93. The van der Waals surface area contributed by atoms with Gasteiger partial charge in [-0.25, -0.2) is 4.98 Å². The largest absolute Gasteiger partial charge is 0.380 e. The van der Waals surface area contributed by atoms with Gasteiger partial charge >= 0.3 is 0 Å². The summed E-state index contributed by atoms with van der Waals surface area (Å²) in [6.45, 7) is 0. The monoisotopic (exact) mass is 279 g/mol. The van der Waals surface area contributed by atoms with Crippen LogP contribution in [0.5, 0.6) is 0 Å². The maximum absolute atomic E-state index is 11.4. The van der Waals surface area contributed by atoms with Crippen molar-refractivity contribution in [2.24, 2.45) is 7.05 Å². The predicted octanol–water partition coefficient (Wildman–Crippen LogP) is 2.29. The molecule has 0 spiro atoms. The maximum Gasteiger partial charge on any atom is 0.122 e. The fourth-order valence-corrected chi connectivity index (χ4v) is 2.51. The van der Waals surface area contributed by atoms with E-state index in [4.69, 9.17) is 0 Å². The van der Waals surface area contributed by atoms with Crippen LogP contribution in [0.4, 0.5) is 0 Å². The van der Waals surface area contributed by atoms with Gasteiger partial charge in [0.1, 0.15) is 11.4 Å². The summed E-state index contributed by atoms with van der Waals surface area (Å²) >= 11 is 0. The molecule has 1 aromatic carbocycles. The Labute approximate surface area is 123 Å². The molecule has 0 unspecified atom stereocenters. The molecule has 2 heterocycles. The Kier molecular flexibility index (Phi) is 3.54. The molecule has 0 fully saturated rings. The third-order valence-corrected chi connectivity index (χ3v) is 3.74. The minimum Gasteiger partial charge on any atom is -0.380 e. The molecular formula is C17H17N3O. The minimum atomic E-state index is -1.12. The van der Waals surface area contributed by atoms with Crippen LogP contribution in [0.3, 0.4) is 0 Å². The van der Waals surface area contributed by atoms with Crippen LogP contribution >= 0.6 is 0 Å². The molecule has 2 aromatic heterocycles. The normalized spacial score (nSPS) is 13.8. The Hall–Kier alpha value is -2.46. The van der Waals surface area contributed by atoms with E-state index < -0.39 is 5.60 Å². The highest BCUT2D eigenvalue weighted by Crippen LogP contribution is 2.32. The Morgan fingerprint density at radius 3 is 2.29 bits per heavy atom. The third kappa shape index (κ3) is 2.58. The number of imidazole rings is 1. The topological polar surface area (TPSA) is 50.9 Å². The predicted molar refractivity (Wildman–Crippen MR) is 80.6 cm³/mol. The Balaban J connectivity index is 2.09. The van der Waals surface area contributed by atoms with Crippen molar-refractivity contribution in [3.8, 4) is 0 Å². The van der Waals surface area contributed by atoms with E-state index in [2.05, 4.69) is 9.97 Å². The quantitative estimate of drug-likeness (QED) is 0.797. The number of aryl methyl sites for hydroxylation is 1. The zero-order valence-corrected chi connectivity index (χ0v) is 11.8. The molecule has 0 aliphatic carbocycles. The van der Waals surface area contributed by atoms with Gasteiger partial charge in [-0.1, -0.05) is 30.3 Å². The summed E-state index contributed by atoms with van der Waals surface area (Å²) in [4.78, 5) is 8.37. The molecule has 3 aromatic rings. The molecule has 0 saturated heterocycles. The van der Waals surface area contributed by atoms with Crippen LogP contribution in [-0.4, -0.2) is 19.6 Å². The first-order valence-corrected chi connectivity index (χ1v) is 6.85. The van der Waals surface area contributed by atoms with E-state index in [0.29, 0.717) is 6.42 Å². The van der Waals surface area contributed by atoms with E-state index in [0.717, 1.165) is 17.0 Å². The fourth-order valence-electron chi connectivity index (χ4n) is 2.51. The Bertz CT molecular complexity index is 668. The first kappa shape index (κ1) is 13.5. The van der Waals surface area contributed by atoms with Gasteiger partial charge in [-0.15, -0.1) is 0 Å². The second kappa shape index (κ2) is 5.50. The van der Waals surface area contributed by atoms with Gasteiger partial charge in [0.05, 0.1) is 0 Å². The first-order chi connectivity index (χ1) is 10.2. The summed E-state index contributed by atoms with van der Waals surface area (Å²) in [5, 5.41) is 11.4. The van der Waals surface area contributed by atoms with Crippen molar-refractivity contribution in [1.82, 2.24) is 14.5 Å². The van der Waals surface area contributed by atoms with Crippen LogP contribution < -0.4 is 0 Å². The molecule has 4 heteroatoms. The Morgan fingerprint density at radius 1 is 1.00 bits per heavy atom. The summed E-state index contributed by atoms with van der Waals surface area (Å²) in [6.07, 6.45) is 7.43. The van der Waals surface area contributed by atoms with Crippen molar-refractivity contribution in [2.45, 2.75) is 12.0 Å². The molecule has 1 N–H and O–H groups in total. The molecule has 0 saturated carbocycles. The van der Waals surface area contributed by atoms with Gasteiger partial charge in [0.25, 0.3) is 0 Å². The number of nitrogens with zero attached hydrogens (tertiary/aromatic N) is 3. The minimum absolute atomic E-state index is 0.407. The first-order valence-electron chi connectivity index (χ1n) is 6.85. The number of hydrogen-bond acceptors (Lipinski definition) is 3. The summed E-state index contributed by atoms with van der Waals surface area (Å²) < 4.78 is 1.93. The number of hydrogen-bond donors (Lipinski definition) is 1. The fraction of sp³-hybridized carbons (Fsp3) is 0.176. The van der Waals surface area contributed by atoms with Crippen LogP contribution in [0, 0.1) is 0 Å². The summed E-state index contributed by atoms with van der Waals surface area (Å²) in [5.74, 6) is 0.832. The van der Waals surface area contributed by atoms with Crippen LogP contribution in [0.15, 0.2) is 67.3 Å². The van der Waals surface area contributed by atoms with Gasteiger partial charge < -0.3 is 9.67 Å². The van der Waals surface area contributed by atoms with Crippen molar-refractivity contribution in [2.75, 3.05) is 0 Å². The highest BCUT2D eigenvalue weighted by atomic mass is 16.3. The van der Waals surface area contributed by atoms with E-state index in [1.165, 1.54) is 0 Å².